The number of hydrogen-bond acceptors (Lipinski definition) is 4. The lowest BCUT2D eigenvalue weighted by atomic mass is 10.2. The second-order valence-electron chi connectivity index (χ2n) is 3.90. The number of rotatable bonds is 3. The summed E-state index contributed by atoms with van der Waals surface area (Å²) in [6, 6.07) is 1.61. The van der Waals surface area contributed by atoms with E-state index in [1.807, 2.05) is 4.90 Å². The summed E-state index contributed by atoms with van der Waals surface area (Å²) < 4.78 is 19.2. The molecule has 4 nitrogen and oxygen atoms in total. The smallest absolute Gasteiger partial charge is 0.170 e. The third-order valence-corrected chi connectivity index (χ3v) is 2.95. The Morgan fingerprint density at radius 1 is 1.69 bits per heavy atom. The molecule has 2 heterocycles. The number of pyridine rings is 1. The normalized spacial score (nSPS) is 20.4. The van der Waals surface area contributed by atoms with Gasteiger partial charge in [0.2, 0.25) is 0 Å². The first kappa shape index (κ1) is 11.3. The van der Waals surface area contributed by atoms with E-state index >= 15 is 0 Å². The van der Waals surface area contributed by atoms with Crippen molar-refractivity contribution in [2.45, 2.75) is 19.1 Å². The van der Waals surface area contributed by atoms with E-state index in [1.165, 1.54) is 0 Å². The second-order valence-corrected chi connectivity index (χ2v) is 3.90. The summed E-state index contributed by atoms with van der Waals surface area (Å²) in [5.74, 6) is 0.0873. The minimum atomic E-state index is -0.304. The number of halogens is 1. The molecule has 1 aromatic heterocycles. The number of ether oxygens (including phenoxy) is 1. The van der Waals surface area contributed by atoms with Crippen molar-refractivity contribution in [2.75, 3.05) is 25.1 Å². The Kier molecular flexibility index (Phi) is 3.36. The third-order valence-electron chi connectivity index (χ3n) is 2.95. The summed E-state index contributed by atoms with van der Waals surface area (Å²) in [5, 5.41) is 0. The van der Waals surface area contributed by atoms with Crippen molar-refractivity contribution >= 4 is 5.82 Å². The minimum absolute atomic E-state index is 0.169. The highest BCUT2D eigenvalue weighted by Gasteiger charge is 2.25. The summed E-state index contributed by atoms with van der Waals surface area (Å²) in [7, 11) is 1.67. The van der Waals surface area contributed by atoms with Gasteiger partial charge in [0.05, 0.1) is 6.10 Å². The molecule has 1 saturated heterocycles. The van der Waals surface area contributed by atoms with Gasteiger partial charge in [-0.1, -0.05) is 0 Å². The highest BCUT2D eigenvalue weighted by atomic mass is 19.1. The van der Waals surface area contributed by atoms with E-state index in [0.29, 0.717) is 17.9 Å². The van der Waals surface area contributed by atoms with Crippen LogP contribution in [-0.4, -0.2) is 31.3 Å². The Labute approximate surface area is 94.2 Å². The van der Waals surface area contributed by atoms with Crippen molar-refractivity contribution in [1.29, 1.82) is 0 Å². The SMILES string of the molecule is COC1CCN(c2nccc(CN)c2F)C1. The van der Waals surface area contributed by atoms with Crippen LogP contribution >= 0.6 is 0 Å². The van der Waals surface area contributed by atoms with Crippen LogP contribution in [0.25, 0.3) is 0 Å². The fourth-order valence-corrected chi connectivity index (χ4v) is 1.96. The maximum atomic E-state index is 13.9. The number of hydrogen-bond donors (Lipinski definition) is 1. The van der Waals surface area contributed by atoms with E-state index in [-0.39, 0.29) is 18.5 Å². The van der Waals surface area contributed by atoms with Gasteiger partial charge in [-0.25, -0.2) is 9.37 Å². The molecule has 88 valence electrons. The van der Waals surface area contributed by atoms with Gasteiger partial charge in [0.25, 0.3) is 0 Å². The Hall–Kier alpha value is -1.20. The van der Waals surface area contributed by atoms with Gasteiger partial charge in [0.15, 0.2) is 11.6 Å². The molecule has 1 aliphatic rings. The standard InChI is InChI=1S/C11H16FN3O/c1-16-9-3-5-15(7-9)11-10(12)8(6-13)2-4-14-11/h2,4,9H,3,5-7,13H2,1H3. The molecule has 2 N–H and O–H groups in total. The number of anilines is 1. The third kappa shape index (κ3) is 2.01. The molecule has 0 aromatic carbocycles. The quantitative estimate of drug-likeness (QED) is 0.830. The van der Waals surface area contributed by atoms with E-state index in [1.54, 1.807) is 19.4 Å². The van der Waals surface area contributed by atoms with Crippen molar-refractivity contribution in [3.8, 4) is 0 Å². The van der Waals surface area contributed by atoms with Crippen molar-refractivity contribution in [3.63, 3.8) is 0 Å². The lowest BCUT2D eigenvalue weighted by Crippen LogP contribution is -2.24. The van der Waals surface area contributed by atoms with Crippen LogP contribution < -0.4 is 10.6 Å². The van der Waals surface area contributed by atoms with Gasteiger partial charge in [0.1, 0.15) is 0 Å². The Balaban J connectivity index is 2.21. The molecule has 2 rings (SSSR count). The zero-order valence-electron chi connectivity index (χ0n) is 9.32. The average molecular weight is 225 g/mol. The monoisotopic (exact) mass is 225 g/mol. The molecule has 1 atom stereocenters. The van der Waals surface area contributed by atoms with E-state index < -0.39 is 0 Å². The predicted octanol–water partition coefficient (Wildman–Crippen LogP) is 0.905. The first-order chi connectivity index (χ1) is 7.76. The molecule has 0 saturated carbocycles. The molecule has 5 heteroatoms. The van der Waals surface area contributed by atoms with Gasteiger partial charge < -0.3 is 15.4 Å². The number of methoxy groups -OCH3 is 1. The molecule has 1 aromatic rings. The average Bonchev–Trinajstić information content (AvgIpc) is 2.78. The molecule has 1 unspecified atom stereocenters. The zero-order chi connectivity index (χ0) is 11.5. The van der Waals surface area contributed by atoms with Gasteiger partial charge in [0, 0.05) is 38.5 Å². The Morgan fingerprint density at radius 2 is 2.50 bits per heavy atom. The van der Waals surface area contributed by atoms with Crippen molar-refractivity contribution in [1.82, 2.24) is 4.98 Å². The summed E-state index contributed by atoms with van der Waals surface area (Å²) in [4.78, 5) is 5.98. The van der Waals surface area contributed by atoms with Gasteiger partial charge >= 0.3 is 0 Å². The first-order valence-corrected chi connectivity index (χ1v) is 5.37. The molecule has 1 aliphatic heterocycles. The van der Waals surface area contributed by atoms with Crippen LogP contribution in [0.5, 0.6) is 0 Å². The summed E-state index contributed by atoms with van der Waals surface area (Å²) in [6.45, 7) is 1.66. The van der Waals surface area contributed by atoms with Gasteiger partial charge in [-0.15, -0.1) is 0 Å². The van der Waals surface area contributed by atoms with Crippen LogP contribution in [0.2, 0.25) is 0 Å². The Morgan fingerprint density at radius 3 is 3.12 bits per heavy atom. The van der Waals surface area contributed by atoms with Crippen molar-refractivity contribution in [2.24, 2.45) is 5.73 Å². The molecule has 0 bridgehead atoms. The zero-order valence-corrected chi connectivity index (χ0v) is 9.32. The fourth-order valence-electron chi connectivity index (χ4n) is 1.96. The maximum absolute atomic E-state index is 13.9. The largest absolute Gasteiger partial charge is 0.380 e. The molecule has 1 fully saturated rings. The lowest BCUT2D eigenvalue weighted by molar-refractivity contribution is 0.121. The molecular weight excluding hydrogens is 209 g/mol. The van der Waals surface area contributed by atoms with Crippen LogP contribution in [0.15, 0.2) is 12.3 Å². The molecular formula is C11H16FN3O. The topological polar surface area (TPSA) is 51.4 Å². The van der Waals surface area contributed by atoms with E-state index in [9.17, 15) is 4.39 Å². The van der Waals surface area contributed by atoms with Crippen molar-refractivity contribution < 1.29 is 9.13 Å². The predicted molar refractivity (Wildman–Crippen MR) is 59.7 cm³/mol. The summed E-state index contributed by atoms with van der Waals surface area (Å²) in [5.41, 5.74) is 5.97. The molecule has 0 spiro atoms. The van der Waals surface area contributed by atoms with Crippen LogP contribution in [-0.2, 0) is 11.3 Å². The Bertz CT molecular complexity index is 372. The maximum Gasteiger partial charge on any atom is 0.170 e. The van der Waals surface area contributed by atoms with Crippen LogP contribution in [0.3, 0.4) is 0 Å². The first-order valence-electron chi connectivity index (χ1n) is 5.37. The molecule has 0 aliphatic carbocycles. The van der Waals surface area contributed by atoms with Crippen LogP contribution in [0.4, 0.5) is 10.2 Å². The van der Waals surface area contributed by atoms with E-state index in [4.69, 9.17) is 10.5 Å². The number of nitrogens with zero attached hydrogens (tertiary/aromatic N) is 2. The lowest BCUT2D eigenvalue weighted by Gasteiger charge is -2.18. The van der Waals surface area contributed by atoms with E-state index in [0.717, 1.165) is 13.0 Å². The molecule has 16 heavy (non-hydrogen) atoms. The fraction of sp³-hybridized carbons (Fsp3) is 0.545. The van der Waals surface area contributed by atoms with Crippen LogP contribution in [0.1, 0.15) is 12.0 Å². The van der Waals surface area contributed by atoms with Crippen molar-refractivity contribution in [3.05, 3.63) is 23.6 Å². The second kappa shape index (κ2) is 4.76. The number of aromatic nitrogens is 1. The highest BCUT2D eigenvalue weighted by Crippen LogP contribution is 2.24. The van der Waals surface area contributed by atoms with Gasteiger partial charge in [-0.05, 0) is 12.5 Å². The molecule has 0 radical (unpaired) electrons. The minimum Gasteiger partial charge on any atom is -0.380 e. The van der Waals surface area contributed by atoms with Crippen LogP contribution in [0, 0.1) is 5.82 Å². The summed E-state index contributed by atoms with van der Waals surface area (Å²) >= 11 is 0. The van der Waals surface area contributed by atoms with Gasteiger partial charge in [-0.3, -0.25) is 0 Å². The molecule has 0 amide bonds. The summed E-state index contributed by atoms with van der Waals surface area (Å²) in [6.07, 6.45) is 2.67. The van der Waals surface area contributed by atoms with Gasteiger partial charge in [-0.2, -0.15) is 0 Å². The highest BCUT2D eigenvalue weighted by molar-refractivity contribution is 5.44. The number of nitrogens with two attached hydrogens (primary N) is 1. The van der Waals surface area contributed by atoms with E-state index in [2.05, 4.69) is 4.98 Å².